The molecule has 1 amide bonds. The first-order valence-corrected chi connectivity index (χ1v) is 5.71. The number of amides is 1. The van der Waals surface area contributed by atoms with E-state index in [1.807, 2.05) is 25.1 Å². The minimum atomic E-state index is -0.178. The van der Waals surface area contributed by atoms with Gasteiger partial charge in [0.1, 0.15) is 6.04 Å². The summed E-state index contributed by atoms with van der Waals surface area (Å²) in [6.07, 6.45) is 5.86. The average molecular weight is 222 g/mol. The fraction of sp³-hybridized carbons (Fsp3) is 0.636. The summed E-state index contributed by atoms with van der Waals surface area (Å²) in [5.41, 5.74) is 0.891. The maximum atomic E-state index is 12.0. The highest BCUT2D eigenvalue weighted by atomic mass is 16.2. The molecule has 0 saturated carbocycles. The number of anilines is 1. The summed E-state index contributed by atoms with van der Waals surface area (Å²) in [5, 5.41) is 7.22. The van der Waals surface area contributed by atoms with Gasteiger partial charge in [0.25, 0.3) is 0 Å². The molecule has 1 saturated heterocycles. The van der Waals surface area contributed by atoms with Crippen LogP contribution in [0, 0.1) is 0 Å². The van der Waals surface area contributed by atoms with Gasteiger partial charge in [-0.05, 0) is 19.8 Å². The van der Waals surface area contributed by atoms with E-state index in [1.165, 1.54) is 0 Å². The lowest BCUT2D eigenvalue weighted by atomic mass is 10.3. The van der Waals surface area contributed by atoms with Gasteiger partial charge < -0.3 is 10.2 Å². The van der Waals surface area contributed by atoms with E-state index in [9.17, 15) is 4.79 Å². The number of nitrogens with zero attached hydrogens (tertiary/aromatic N) is 3. The van der Waals surface area contributed by atoms with Gasteiger partial charge in [-0.25, -0.2) is 0 Å². The van der Waals surface area contributed by atoms with Crippen molar-refractivity contribution in [3.05, 3.63) is 12.4 Å². The summed E-state index contributed by atoms with van der Waals surface area (Å²) in [5.74, 6) is 0.182. The molecule has 1 aromatic rings. The third-order valence-electron chi connectivity index (χ3n) is 2.88. The molecular weight excluding hydrogens is 204 g/mol. The number of likely N-dealkylation sites (tertiary alicyclic amines) is 1. The van der Waals surface area contributed by atoms with Crippen LogP contribution in [0.5, 0.6) is 0 Å². The monoisotopic (exact) mass is 222 g/mol. The van der Waals surface area contributed by atoms with Gasteiger partial charge in [-0.15, -0.1) is 0 Å². The molecule has 1 aliphatic heterocycles. The summed E-state index contributed by atoms with van der Waals surface area (Å²) in [6, 6.07) is -0.178. The largest absolute Gasteiger partial charge is 0.371 e. The third kappa shape index (κ3) is 2.35. The summed E-state index contributed by atoms with van der Waals surface area (Å²) in [4.78, 5) is 13.9. The maximum absolute atomic E-state index is 12.0. The molecule has 16 heavy (non-hydrogen) atoms. The highest BCUT2D eigenvalue weighted by Gasteiger charge is 2.23. The van der Waals surface area contributed by atoms with Crippen molar-refractivity contribution in [2.24, 2.45) is 7.05 Å². The minimum Gasteiger partial charge on any atom is -0.371 e. The highest BCUT2D eigenvalue weighted by Crippen LogP contribution is 2.12. The zero-order valence-corrected chi connectivity index (χ0v) is 9.81. The van der Waals surface area contributed by atoms with E-state index in [0.29, 0.717) is 0 Å². The Morgan fingerprint density at radius 3 is 2.75 bits per heavy atom. The van der Waals surface area contributed by atoms with Gasteiger partial charge in [0, 0.05) is 26.3 Å². The number of rotatable bonds is 3. The molecule has 88 valence electrons. The van der Waals surface area contributed by atoms with Crippen LogP contribution in [0.1, 0.15) is 19.8 Å². The Morgan fingerprint density at radius 1 is 1.50 bits per heavy atom. The first-order valence-electron chi connectivity index (χ1n) is 5.71. The van der Waals surface area contributed by atoms with Crippen molar-refractivity contribution in [2.45, 2.75) is 25.8 Å². The first-order chi connectivity index (χ1) is 7.66. The lowest BCUT2D eigenvalue weighted by molar-refractivity contribution is -0.130. The molecular formula is C11H18N4O. The Kier molecular flexibility index (Phi) is 3.12. The van der Waals surface area contributed by atoms with Gasteiger partial charge in [0.05, 0.1) is 11.9 Å². The normalized spacial score (nSPS) is 17.5. The molecule has 5 heteroatoms. The molecule has 1 aliphatic rings. The van der Waals surface area contributed by atoms with Crippen molar-refractivity contribution in [3.8, 4) is 0 Å². The maximum Gasteiger partial charge on any atom is 0.244 e. The van der Waals surface area contributed by atoms with Crippen LogP contribution in [0.15, 0.2) is 12.4 Å². The van der Waals surface area contributed by atoms with E-state index in [0.717, 1.165) is 31.6 Å². The molecule has 1 atom stereocenters. The molecule has 0 bridgehead atoms. The molecule has 2 rings (SSSR count). The number of carbonyl (C=O) groups excluding carboxylic acids is 1. The van der Waals surface area contributed by atoms with E-state index < -0.39 is 0 Å². The van der Waals surface area contributed by atoms with Gasteiger partial charge in [-0.3, -0.25) is 9.48 Å². The number of hydrogen-bond donors (Lipinski definition) is 1. The molecule has 0 spiro atoms. The topological polar surface area (TPSA) is 50.2 Å². The molecule has 1 aromatic heterocycles. The minimum absolute atomic E-state index is 0.178. The van der Waals surface area contributed by atoms with Gasteiger partial charge in [0.2, 0.25) is 5.91 Å². The fourth-order valence-corrected chi connectivity index (χ4v) is 2.02. The van der Waals surface area contributed by atoms with E-state index in [4.69, 9.17) is 0 Å². The van der Waals surface area contributed by atoms with Crippen molar-refractivity contribution in [1.29, 1.82) is 0 Å². The Balaban J connectivity index is 1.91. The standard InChI is InChI=1S/C11H18N4O/c1-9(11(16)15-5-3-4-6-15)13-10-7-12-14(2)8-10/h7-9,13H,3-6H2,1-2H3. The van der Waals surface area contributed by atoms with Crippen LogP contribution in [-0.2, 0) is 11.8 Å². The van der Waals surface area contributed by atoms with Crippen LogP contribution in [0.2, 0.25) is 0 Å². The molecule has 0 aliphatic carbocycles. The lowest BCUT2D eigenvalue weighted by Gasteiger charge is -2.21. The van der Waals surface area contributed by atoms with E-state index in [-0.39, 0.29) is 11.9 Å². The highest BCUT2D eigenvalue weighted by molar-refractivity contribution is 5.84. The quantitative estimate of drug-likeness (QED) is 0.824. The van der Waals surface area contributed by atoms with Crippen molar-refractivity contribution in [2.75, 3.05) is 18.4 Å². The summed E-state index contributed by atoms with van der Waals surface area (Å²) in [6.45, 7) is 3.70. The predicted molar refractivity (Wildman–Crippen MR) is 62.1 cm³/mol. The molecule has 2 heterocycles. The number of aryl methyl sites for hydroxylation is 1. The van der Waals surface area contributed by atoms with Crippen LogP contribution in [-0.4, -0.2) is 39.7 Å². The number of carbonyl (C=O) groups is 1. The van der Waals surface area contributed by atoms with Gasteiger partial charge in [0.15, 0.2) is 0 Å². The van der Waals surface area contributed by atoms with Crippen LogP contribution in [0.3, 0.4) is 0 Å². The predicted octanol–water partition coefficient (Wildman–Crippen LogP) is 0.843. The van der Waals surface area contributed by atoms with Gasteiger partial charge >= 0.3 is 0 Å². The molecule has 1 N–H and O–H groups in total. The van der Waals surface area contributed by atoms with E-state index in [1.54, 1.807) is 10.9 Å². The molecule has 5 nitrogen and oxygen atoms in total. The van der Waals surface area contributed by atoms with Crippen LogP contribution >= 0.6 is 0 Å². The zero-order valence-electron chi connectivity index (χ0n) is 9.81. The average Bonchev–Trinajstić information content (AvgIpc) is 2.88. The van der Waals surface area contributed by atoms with Crippen molar-refractivity contribution >= 4 is 11.6 Å². The Labute approximate surface area is 95.4 Å². The van der Waals surface area contributed by atoms with E-state index >= 15 is 0 Å². The smallest absolute Gasteiger partial charge is 0.244 e. The Bertz CT molecular complexity index is 368. The lowest BCUT2D eigenvalue weighted by Crippen LogP contribution is -2.39. The van der Waals surface area contributed by atoms with Crippen LogP contribution in [0.4, 0.5) is 5.69 Å². The molecule has 0 aromatic carbocycles. The fourth-order valence-electron chi connectivity index (χ4n) is 2.02. The third-order valence-corrected chi connectivity index (χ3v) is 2.88. The summed E-state index contributed by atoms with van der Waals surface area (Å²) < 4.78 is 1.72. The number of hydrogen-bond acceptors (Lipinski definition) is 3. The molecule has 1 fully saturated rings. The summed E-state index contributed by atoms with van der Waals surface area (Å²) in [7, 11) is 1.86. The Hall–Kier alpha value is -1.52. The molecule has 1 unspecified atom stereocenters. The second-order valence-electron chi connectivity index (χ2n) is 4.30. The van der Waals surface area contributed by atoms with Crippen molar-refractivity contribution in [1.82, 2.24) is 14.7 Å². The SMILES string of the molecule is CC(Nc1cnn(C)c1)C(=O)N1CCCC1. The second kappa shape index (κ2) is 4.55. The van der Waals surface area contributed by atoms with Crippen molar-refractivity contribution < 1.29 is 4.79 Å². The Morgan fingerprint density at radius 2 is 2.19 bits per heavy atom. The summed E-state index contributed by atoms with van der Waals surface area (Å²) >= 11 is 0. The van der Waals surface area contributed by atoms with Gasteiger partial charge in [-0.2, -0.15) is 5.10 Å². The number of nitrogens with one attached hydrogen (secondary N) is 1. The van der Waals surface area contributed by atoms with Crippen LogP contribution < -0.4 is 5.32 Å². The van der Waals surface area contributed by atoms with Gasteiger partial charge in [-0.1, -0.05) is 0 Å². The van der Waals surface area contributed by atoms with Crippen molar-refractivity contribution in [3.63, 3.8) is 0 Å². The second-order valence-corrected chi connectivity index (χ2v) is 4.30. The molecule has 0 radical (unpaired) electrons. The number of aromatic nitrogens is 2. The first kappa shape index (κ1) is 11.0. The van der Waals surface area contributed by atoms with E-state index in [2.05, 4.69) is 10.4 Å². The van der Waals surface area contributed by atoms with Crippen LogP contribution in [0.25, 0.3) is 0 Å². The zero-order chi connectivity index (χ0) is 11.5.